The minimum absolute atomic E-state index is 0.112. The Bertz CT molecular complexity index is 1050. The molecule has 0 aliphatic rings. The Morgan fingerprint density at radius 2 is 1.85 bits per heavy atom. The lowest BCUT2D eigenvalue weighted by Crippen LogP contribution is -2.15. The fourth-order valence-electron chi connectivity index (χ4n) is 2.89. The molecule has 3 nitrogen and oxygen atoms in total. The van der Waals surface area contributed by atoms with E-state index >= 15 is 0 Å². The summed E-state index contributed by atoms with van der Waals surface area (Å²) in [5.41, 5.74) is 2.35. The fraction of sp³-hybridized carbons (Fsp3) is 0.200. The number of aromatic amines is 1. The molecule has 7 heteroatoms. The second-order valence-corrected chi connectivity index (χ2v) is 6.62. The molecule has 1 N–H and O–H groups in total. The standard InChI is InChI=1S/C20H16ClF3N2O/c1-11-17(19(27)18(21)12(2)26-11)14-6-7-16(25-9-14)13-4-3-5-15(8-13)20(23,24)10-22/h3-9H,10H2,1-2H3,(H,26,27). The van der Waals surface area contributed by atoms with E-state index in [2.05, 4.69) is 9.97 Å². The first-order valence-corrected chi connectivity index (χ1v) is 8.52. The number of benzene rings is 1. The molecule has 0 amide bonds. The zero-order chi connectivity index (χ0) is 19.8. The van der Waals surface area contributed by atoms with Crippen LogP contribution in [0.4, 0.5) is 13.2 Å². The molecular formula is C20H16ClF3N2O. The van der Waals surface area contributed by atoms with Crippen molar-refractivity contribution in [2.24, 2.45) is 0 Å². The summed E-state index contributed by atoms with van der Waals surface area (Å²) in [6.07, 6.45) is 1.48. The molecule has 0 atom stereocenters. The monoisotopic (exact) mass is 392 g/mol. The van der Waals surface area contributed by atoms with Crippen LogP contribution in [-0.4, -0.2) is 16.6 Å². The molecule has 3 rings (SSSR count). The lowest BCUT2D eigenvalue weighted by atomic mass is 10.0. The zero-order valence-electron chi connectivity index (χ0n) is 14.6. The van der Waals surface area contributed by atoms with Gasteiger partial charge in [-0.05, 0) is 26.0 Å². The maximum Gasteiger partial charge on any atom is 0.301 e. The maximum atomic E-state index is 13.6. The summed E-state index contributed by atoms with van der Waals surface area (Å²) >= 11 is 6.04. The van der Waals surface area contributed by atoms with Gasteiger partial charge in [-0.25, -0.2) is 4.39 Å². The van der Waals surface area contributed by atoms with Crippen molar-refractivity contribution >= 4 is 11.6 Å². The predicted molar refractivity (Wildman–Crippen MR) is 100 cm³/mol. The van der Waals surface area contributed by atoms with E-state index in [1.54, 1.807) is 32.0 Å². The lowest BCUT2D eigenvalue weighted by Gasteiger charge is -2.13. The van der Waals surface area contributed by atoms with Crippen LogP contribution >= 0.6 is 11.6 Å². The quantitative estimate of drug-likeness (QED) is 0.643. The van der Waals surface area contributed by atoms with Crippen LogP contribution in [0.5, 0.6) is 0 Å². The summed E-state index contributed by atoms with van der Waals surface area (Å²) in [5, 5.41) is 0.112. The second-order valence-electron chi connectivity index (χ2n) is 6.24. The smallest absolute Gasteiger partial charge is 0.301 e. The van der Waals surface area contributed by atoms with Gasteiger partial charge in [0, 0.05) is 34.3 Å². The third-order valence-electron chi connectivity index (χ3n) is 4.31. The molecule has 2 aromatic heterocycles. The normalized spacial score (nSPS) is 11.6. The van der Waals surface area contributed by atoms with Crippen LogP contribution in [0.25, 0.3) is 22.4 Å². The Morgan fingerprint density at radius 1 is 1.11 bits per heavy atom. The molecule has 27 heavy (non-hydrogen) atoms. The molecular weight excluding hydrogens is 377 g/mol. The Labute approximate surface area is 158 Å². The van der Waals surface area contributed by atoms with Crippen LogP contribution < -0.4 is 5.43 Å². The lowest BCUT2D eigenvalue weighted by molar-refractivity contribution is -0.0280. The van der Waals surface area contributed by atoms with E-state index in [-0.39, 0.29) is 10.5 Å². The van der Waals surface area contributed by atoms with Crippen molar-refractivity contribution in [3.63, 3.8) is 0 Å². The van der Waals surface area contributed by atoms with E-state index in [4.69, 9.17) is 11.6 Å². The molecule has 0 spiro atoms. The first kappa shape index (κ1) is 19.2. The average molecular weight is 393 g/mol. The van der Waals surface area contributed by atoms with Crippen LogP contribution in [0.3, 0.4) is 0 Å². The van der Waals surface area contributed by atoms with Gasteiger partial charge in [0.25, 0.3) is 0 Å². The maximum absolute atomic E-state index is 13.6. The van der Waals surface area contributed by atoms with Crippen molar-refractivity contribution in [2.75, 3.05) is 6.67 Å². The number of rotatable bonds is 4. The van der Waals surface area contributed by atoms with Gasteiger partial charge in [0.05, 0.1) is 11.3 Å². The third kappa shape index (κ3) is 3.62. The molecule has 140 valence electrons. The van der Waals surface area contributed by atoms with Crippen molar-refractivity contribution in [3.05, 3.63) is 74.8 Å². The highest BCUT2D eigenvalue weighted by atomic mass is 35.5. The molecule has 3 aromatic rings. The van der Waals surface area contributed by atoms with Gasteiger partial charge in [-0.15, -0.1) is 0 Å². The minimum atomic E-state index is -3.54. The Hall–Kier alpha value is -2.60. The summed E-state index contributed by atoms with van der Waals surface area (Å²) < 4.78 is 39.7. The highest BCUT2D eigenvalue weighted by Gasteiger charge is 2.31. The summed E-state index contributed by atoms with van der Waals surface area (Å²) in [6, 6.07) is 8.72. The summed E-state index contributed by atoms with van der Waals surface area (Å²) in [7, 11) is 0. The van der Waals surface area contributed by atoms with E-state index in [0.717, 1.165) is 0 Å². The van der Waals surface area contributed by atoms with Gasteiger partial charge in [0.15, 0.2) is 6.67 Å². The van der Waals surface area contributed by atoms with Gasteiger partial charge in [-0.2, -0.15) is 8.78 Å². The molecule has 2 heterocycles. The number of H-pyrrole nitrogens is 1. The predicted octanol–water partition coefficient (Wildman–Crippen LogP) is 5.44. The average Bonchev–Trinajstić information content (AvgIpc) is 2.67. The van der Waals surface area contributed by atoms with Gasteiger partial charge in [0.2, 0.25) is 5.43 Å². The molecule has 1 aromatic carbocycles. The van der Waals surface area contributed by atoms with E-state index in [0.29, 0.717) is 33.8 Å². The van der Waals surface area contributed by atoms with Crippen molar-refractivity contribution in [1.29, 1.82) is 0 Å². The van der Waals surface area contributed by atoms with E-state index in [9.17, 15) is 18.0 Å². The topological polar surface area (TPSA) is 45.8 Å². The van der Waals surface area contributed by atoms with Gasteiger partial charge < -0.3 is 4.98 Å². The summed E-state index contributed by atoms with van der Waals surface area (Å²) in [4.78, 5) is 19.8. The SMILES string of the molecule is Cc1[nH]c(C)c(-c2ccc(-c3cccc(C(F)(F)CF)c3)nc2)c(=O)c1Cl. The van der Waals surface area contributed by atoms with E-state index in [1.165, 1.54) is 24.4 Å². The number of nitrogens with zero attached hydrogens (tertiary/aromatic N) is 1. The van der Waals surface area contributed by atoms with Gasteiger partial charge in [0.1, 0.15) is 5.02 Å². The molecule has 0 saturated heterocycles. The Balaban J connectivity index is 2.02. The first-order valence-electron chi connectivity index (χ1n) is 8.14. The molecule has 0 fully saturated rings. The number of aryl methyl sites for hydroxylation is 2. The molecule has 0 aliphatic heterocycles. The second kappa shape index (κ2) is 7.19. The zero-order valence-corrected chi connectivity index (χ0v) is 15.4. The largest absolute Gasteiger partial charge is 0.361 e. The molecule has 0 bridgehead atoms. The highest BCUT2D eigenvalue weighted by Crippen LogP contribution is 2.31. The molecule has 0 unspecified atom stereocenters. The van der Waals surface area contributed by atoms with Gasteiger partial charge in [-0.3, -0.25) is 9.78 Å². The number of nitrogens with one attached hydrogen (secondary N) is 1. The molecule has 0 radical (unpaired) electrons. The third-order valence-corrected chi connectivity index (χ3v) is 4.76. The van der Waals surface area contributed by atoms with E-state index < -0.39 is 18.2 Å². The van der Waals surface area contributed by atoms with Crippen molar-refractivity contribution in [2.45, 2.75) is 19.8 Å². The number of alkyl halides is 3. The summed E-state index contributed by atoms with van der Waals surface area (Å²) in [6.45, 7) is 1.71. The molecule has 0 saturated carbocycles. The van der Waals surface area contributed by atoms with Gasteiger partial charge >= 0.3 is 5.92 Å². The summed E-state index contributed by atoms with van der Waals surface area (Å²) in [5.74, 6) is -3.54. The van der Waals surface area contributed by atoms with Crippen molar-refractivity contribution < 1.29 is 13.2 Å². The number of aromatic nitrogens is 2. The Morgan fingerprint density at radius 3 is 2.48 bits per heavy atom. The molecule has 0 aliphatic carbocycles. The van der Waals surface area contributed by atoms with E-state index in [1.807, 2.05) is 0 Å². The number of pyridine rings is 2. The number of halogens is 4. The van der Waals surface area contributed by atoms with Crippen LogP contribution in [0.1, 0.15) is 17.0 Å². The van der Waals surface area contributed by atoms with Crippen LogP contribution in [0.15, 0.2) is 47.4 Å². The number of hydrogen-bond acceptors (Lipinski definition) is 2. The van der Waals surface area contributed by atoms with Gasteiger partial charge in [-0.1, -0.05) is 35.9 Å². The van der Waals surface area contributed by atoms with Crippen LogP contribution in [0.2, 0.25) is 5.02 Å². The van der Waals surface area contributed by atoms with Crippen molar-refractivity contribution in [3.8, 4) is 22.4 Å². The highest BCUT2D eigenvalue weighted by molar-refractivity contribution is 6.31. The first-order chi connectivity index (χ1) is 12.7. The van der Waals surface area contributed by atoms with Crippen LogP contribution in [0, 0.1) is 13.8 Å². The fourth-order valence-corrected chi connectivity index (χ4v) is 3.03. The minimum Gasteiger partial charge on any atom is -0.361 e. The number of hydrogen-bond donors (Lipinski definition) is 1. The Kier molecular flexibility index (Phi) is 5.11. The van der Waals surface area contributed by atoms with Crippen molar-refractivity contribution in [1.82, 2.24) is 9.97 Å². The van der Waals surface area contributed by atoms with Crippen LogP contribution in [-0.2, 0) is 5.92 Å².